The maximum absolute atomic E-state index is 12.5. The van der Waals surface area contributed by atoms with E-state index < -0.39 is 78.3 Å². The Kier molecular flexibility index (Phi) is 15.7. The van der Waals surface area contributed by atoms with Gasteiger partial charge in [-0.3, -0.25) is 9.11 Å². The zero-order valence-electron chi connectivity index (χ0n) is 19.6. The molecule has 2 rings (SSSR count). The first-order valence-corrected chi connectivity index (χ1v) is 14.3. The third kappa shape index (κ3) is 8.57. The Morgan fingerprint density at radius 2 is 1.18 bits per heavy atom. The molecule has 0 saturated heterocycles. The second-order valence-corrected chi connectivity index (χ2v) is 13.5. The van der Waals surface area contributed by atoms with Crippen molar-refractivity contribution in [2.45, 2.75) is 26.4 Å². The van der Waals surface area contributed by atoms with Crippen molar-refractivity contribution in [2.24, 2.45) is 10.2 Å². The molecule has 4 unspecified atom stereocenters. The van der Waals surface area contributed by atoms with Gasteiger partial charge in [0, 0.05) is 21.2 Å². The van der Waals surface area contributed by atoms with Crippen molar-refractivity contribution in [3.05, 3.63) is 68.7 Å². The summed E-state index contributed by atoms with van der Waals surface area (Å²) in [5, 5.41) is 0.237. The van der Waals surface area contributed by atoms with Gasteiger partial charge in [0.25, 0.3) is 20.2 Å². The summed E-state index contributed by atoms with van der Waals surface area (Å²) in [5.74, 6) is 0. The van der Waals surface area contributed by atoms with Gasteiger partial charge in [-0.15, -0.1) is 0 Å². The molecule has 4 atom stereocenters. The zero-order chi connectivity index (χ0) is 27.1. The van der Waals surface area contributed by atoms with Crippen molar-refractivity contribution in [1.29, 1.82) is 0 Å². The average Bonchev–Trinajstić information content (AvgIpc) is 2.65. The molecule has 39 heavy (non-hydrogen) atoms. The summed E-state index contributed by atoms with van der Waals surface area (Å²) in [6.07, 6.45) is 0.165. The molecule has 0 bridgehead atoms. The fourth-order valence-electron chi connectivity index (χ4n) is 3.73. The van der Waals surface area contributed by atoms with E-state index in [4.69, 9.17) is 11.1 Å². The van der Waals surface area contributed by atoms with Gasteiger partial charge in [0.2, 0.25) is 0 Å². The van der Waals surface area contributed by atoms with Gasteiger partial charge in [-0.05, 0) is 23.6 Å². The van der Waals surface area contributed by atoms with Crippen molar-refractivity contribution < 1.29 is 122 Å². The van der Waals surface area contributed by atoms with E-state index in [1.54, 1.807) is 0 Å². The maximum atomic E-state index is 12.5. The summed E-state index contributed by atoms with van der Waals surface area (Å²) in [5.41, 5.74) is 15.7. The van der Waals surface area contributed by atoms with Gasteiger partial charge in [-0.2, -0.15) is 16.8 Å². The third-order valence-corrected chi connectivity index (χ3v) is 10.7. The third-order valence-electron chi connectivity index (χ3n) is 5.08. The Bertz CT molecular complexity index is 1490. The van der Waals surface area contributed by atoms with Gasteiger partial charge in [0.05, 0.1) is 5.25 Å². The van der Waals surface area contributed by atoms with Gasteiger partial charge < -0.3 is 20.1 Å². The molecule has 0 saturated carbocycles. The Balaban J connectivity index is -0.00000324. The summed E-state index contributed by atoms with van der Waals surface area (Å²) in [4.78, 5) is 4.61. The van der Waals surface area contributed by atoms with Gasteiger partial charge in [-0.1, -0.05) is 40.6 Å². The summed E-state index contributed by atoms with van der Waals surface area (Å²) >= 11 is 0. The van der Waals surface area contributed by atoms with E-state index in [2.05, 4.69) is 20.1 Å². The van der Waals surface area contributed by atoms with Crippen molar-refractivity contribution in [1.82, 2.24) is 0 Å². The van der Waals surface area contributed by atoms with Crippen LogP contribution >= 0.6 is 0 Å². The van der Waals surface area contributed by atoms with E-state index in [9.17, 15) is 51.9 Å². The monoisotopic (exact) mass is 654 g/mol. The number of azide groups is 2. The van der Waals surface area contributed by atoms with Gasteiger partial charge in [0.15, 0.2) is 0 Å². The molecular formula is C13H16N6Na2O14S4. The van der Waals surface area contributed by atoms with Crippen LogP contribution in [0.3, 0.4) is 0 Å². The molecule has 0 radical (unpaired) electrons. The molecule has 0 aromatic heterocycles. The minimum Gasteiger partial charge on any atom is -0.747 e. The fourth-order valence-corrected chi connectivity index (χ4v) is 9.21. The fraction of sp³-hybridized carbons (Fsp3) is 0.385. The minimum atomic E-state index is -6.22. The molecular weight excluding hydrogens is 638 g/mol. The summed E-state index contributed by atoms with van der Waals surface area (Å²) < 4.78 is 135. The molecule has 2 aliphatic carbocycles. The molecule has 6 N–H and O–H groups in total. The molecule has 0 aromatic rings. The smallest absolute Gasteiger partial charge is 0.747 e. The van der Waals surface area contributed by atoms with E-state index in [0.717, 1.165) is 0 Å². The zero-order valence-corrected chi connectivity index (χ0v) is 26.9. The second kappa shape index (κ2) is 14.4. The van der Waals surface area contributed by atoms with Gasteiger partial charge >= 0.3 is 59.1 Å². The van der Waals surface area contributed by atoms with E-state index in [1.807, 2.05) is 0 Å². The Hall–Kier alpha value is -0.860. The standard InChI is InChI=1S/C13H14N6O12S4.2Na.2H2O/c14-18-16-8-1-3-10(32(20,21)22)12(5-8,34(26,27)28)7-13(35(29,30)31)6-9(17-19-15)2-4-11(13)33(23,24)25;;;;/h1-6,10-11H,7H2,(H,20,21,22)(H,23,24,25)(H,26,27,28)(H,29,30,31);;;2*1H2/q;2*+1;;/p-2. The van der Waals surface area contributed by atoms with Crippen LogP contribution in [-0.2, 0) is 40.5 Å². The van der Waals surface area contributed by atoms with Crippen LogP contribution in [-0.4, -0.2) is 82.8 Å². The van der Waals surface area contributed by atoms with Gasteiger partial charge in [0.1, 0.15) is 35.0 Å². The Morgan fingerprint density at radius 1 is 0.795 bits per heavy atom. The van der Waals surface area contributed by atoms with Crippen LogP contribution < -0.4 is 59.1 Å². The molecule has 2 aliphatic rings. The number of rotatable bonds is 8. The molecule has 0 amide bonds. The summed E-state index contributed by atoms with van der Waals surface area (Å²) in [6.45, 7) is 0. The van der Waals surface area contributed by atoms with E-state index in [1.165, 1.54) is 0 Å². The maximum Gasteiger partial charge on any atom is 1.00 e. The van der Waals surface area contributed by atoms with Crippen molar-refractivity contribution in [2.75, 3.05) is 0 Å². The SMILES string of the molecule is O.O.[N-]=[N+]=NC1=CC(CC2(S(=O)(=O)O)C=C(N=[N+]=[N-])C=CC2S(=O)(=O)O)(S(=O)(=O)[O-])C(S(=O)(=O)[O-])C=C1.[Na+].[Na+]. The van der Waals surface area contributed by atoms with Crippen LogP contribution in [0.2, 0.25) is 0 Å². The first-order chi connectivity index (χ1) is 15.7. The Morgan fingerprint density at radius 3 is 1.49 bits per heavy atom. The number of allylic oxidation sites excluding steroid dienone is 2. The predicted octanol–water partition coefficient (Wildman–Crippen LogP) is -7.66. The molecule has 208 valence electrons. The molecule has 0 spiro atoms. The number of hydrogen-bond acceptors (Lipinski definition) is 12. The quantitative estimate of drug-likeness (QED) is 0.0810. The van der Waals surface area contributed by atoms with Crippen LogP contribution in [0.15, 0.2) is 58.1 Å². The first kappa shape index (κ1) is 42.6. The molecule has 0 heterocycles. The largest absolute Gasteiger partial charge is 1.00 e. The first-order valence-electron chi connectivity index (χ1n) is 8.51. The van der Waals surface area contributed by atoms with Crippen LogP contribution in [0.25, 0.3) is 20.9 Å². The topological polar surface area (TPSA) is 384 Å². The van der Waals surface area contributed by atoms with E-state index in [-0.39, 0.29) is 82.2 Å². The molecule has 0 aliphatic heterocycles. The Labute approximate surface area is 265 Å². The molecule has 0 fully saturated rings. The number of hydrogen-bond donors (Lipinski definition) is 2. The van der Waals surface area contributed by atoms with Crippen molar-refractivity contribution in [3.63, 3.8) is 0 Å². The second-order valence-electron chi connectivity index (χ2n) is 7.10. The predicted molar refractivity (Wildman–Crippen MR) is 120 cm³/mol. The van der Waals surface area contributed by atoms with E-state index >= 15 is 0 Å². The average molecular weight is 655 g/mol. The number of nitrogens with zero attached hydrogens (tertiary/aromatic N) is 6. The molecule has 26 heteroatoms. The van der Waals surface area contributed by atoms with E-state index in [0.29, 0.717) is 24.3 Å². The van der Waals surface area contributed by atoms with Crippen LogP contribution in [0.5, 0.6) is 0 Å². The van der Waals surface area contributed by atoms with Crippen LogP contribution in [0.4, 0.5) is 0 Å². The van der Waals surface area contributed by atoms with Crippen LogP contribution in [0, 0.1) is 0 Å². The van der Waals surface area contributed by atoms with Crippen molar-refractivity contribution in [3.8, 4) is 0 Å². The normalized spacial score (nSPS) is 26.4. The minimum absolute atomic E-state index is 0. The summed E-state index contributed by atoms with van der Waals surface area (Å²) in [7, 11) is -23.7. The van der Waals surface area contributed by atoms with Gasteiger partial charge in [-0.25, -0.2) is 16.8 Å². The van der Waals surface area contributed by atoms with Crippen LogP contribution in [0.1, 0.15) is 6.42 Å². The molecule has 0 aromatic carbocycles. The summed E-state index contributed by atoms with van der Waals surface area (Å²) in [6, 6.07) is 0. The van der Waals surface area contributed by atoms with Crippen molar-refractivity contribution >= 4 is 40.5 Å². The molecule has 20 nitrogen and oxygen atoms in total.